The molecule has 12 heteroatoms. The number of alkyl halides is 2. The van der Waals surface area contributed by atoms with Crippen LogP contribution < -0.4 is 20.2 Å². The van der Waals surface area contributed by atoms with E-state index in [2.05, 4.69) is 9.72 Å². The molecule has 0 spiro atoms. The highest BCUT2D eigenvalue weighted by molar-refractivity contribution is 8.14. The molecule has 0 radical (unpaired) electrons. The van der Waals surface area contributed by atoms with Gasteiger partial charge in [0.15, 0.2) is 29.0 Å². The Bertz CT molecular complexity index is 1110. The zero-order chi connectivity index (χ0) is 27.3. The van der Waals surface area contributed by atoms with Gasteiger partial charge in [0, 0.05) is 23.7 Å². The first-order valence-corrected chi connectivity index (χ1v) is 13.2. The molecule has 2 atom stereocenters. The van der Waals surface area contributed by atoms with Crippen LogP contribution in [0.25, 0.3) is 0 Å². The van der Waals surface area contributed by atoms with Gasteiger partial charge in [0.2, 0.25) is 0 Å². The summed E-state index contributed by atoms with van der Waals surface area (Å²) in [4.78, 5) is 27.6. The van der Waals surface area contributed by atoms with E-state index >= 15 is 0 Å². The van der Waals surface area contributed by atoms with Gasteiger partial charge in [-0.1, -0.05) is 41.0 Å². The lowest BCUT2D eigenvalue weighted by Crippen LogP contribution is -2.48. The van der Waals surface area contributed by atoms with Crippen molar-refractivity contribution in [2.24, 2.45) is 11.7 Å². The zero-order valence-corrected chi connectivity index (χ0v) is 22.9. The fourth-order valence-corrected chi connectivity index (χ4v) is 5.04. The molecule has 1 saturated carbocycles. The van der Waals surface area contributed by atoms with Gasteiger partial charge in [-0.15, -0.1) is 0 Å². The molecule has 1 heterocycles. The molecule has 2 aromatic rings. The Hall–Kier alpha value is -2.14. The molecule has 1 aliphatic carbocycles. The molecule has 1 aromatic carbocycles. The SMILES string of the molecule is CC(=O)SC(C)(C)C(N)C(=O)O[C@@H](Cc1c(Cl)c[nH+]cc1Cl)c1ccc(OC(F)F)c(OCC2CC2)c1. The third-order valence-corrected chi connectivity index (χ3v) is 7.52. The number of benzene rings is 1. The standard InChI is InChI=1S/C25H28Cl2F2N2O5S/c1-13(32)37-25(2,3)22(30)23(33)35-20(9-16-17(26)10-31-11-18(16)27)15-6-7-19(36-24(28)29)21(8-15)34-12-14-4-5-14/h6-8,10-11,14,20,22,24H,4-5,9,12,30H2,1-3H3/p+1/t20-,22?/m0/s1. The highest BCUT2D eigenvalue weighted by Crippen LogP contribution is 2.38. The van der Waals surface area contributed by atoms with Crippen molar-refractivity contribution in [2.45, 2.75) is 63.5 Å². The summed E-state index contributed by atoms with van der Waals surface area (Å²) in [5.41, 5.74) is 7.12. The average Bonchev–Trinajstić information content (AvgIpc) is 3.63. The lowest BCUT2D eigenvalue weighted by atomic mass is 10.00. The van der Waals surface area contributed by atoms with Crippen molar-refractivity contribution >= 4 is 46.0 Å². The van der Waals surface area contributed by atoms with Crippen LogP contribution in [-0.2, 0) is 20.7 Å². The van der Waals surface area contributed by atoms with E-state index in [4.69, 9.17) is 38.4 Å². The molecule has 1 aliphatic rings. The minimum absolute atomic E-state index is 0.0577. The molecule has 0 aliphatic heterocycles. The van der Waals surface area contributed by atoms with E-state index in [0.717, 1.165) is 24.6 Å². The Morgan fingerprint density at radius 3 is 2.41 bits per heavy atom. The second-order valence-electron chi connectivity index (χ2n) is 9.27. The van der Waals surface area contributed by atoms with Crippen molar-refractivity contribution in [2.75, 3.05) is 6.61 Å². The molecule has 7 nitrogen and oxygen atoms in total. The maximum atomic E-state index is 13.1. The molecule has 202 valence electrons. The number of carbonyl (C=O) groups is 2. The van der Waals surface area contributed by atoms with Gasteiger partial charge in [0.1, 0.15) is 22.2 Å². The van der Waals surface area contributed by atoms with Crippen LogP contribution in [0.4, 0.5) is 8.78 Å². The number of H-pyrrole nitrogens is 1. The number of thioether (sulfide) groups is 1. The first kappa shape index (κ1) is 29.4. The third kappa shape index (κ3) is 8.43. The summed E-state index contributed by atoms with van der Waals surface area (Å²) < 4.78 is 41.3. The summed E-state index contributed by atoms with van der Waals surface area (Å²) in [5, 5.41) is 0.428. The zero-order valence-electron chi connectivity index (χ0n) is 20.6. The van der Waals surface area contributed by atoms with Crippen molar-refractivity contribution < 1.29 is 37.6 Å². The molecule has 1 fully saturated rings. The van der Waals surface area contributed by atoms with Gasteiger partial charge in [-0.2, -0.15) is 8.78 Å². The van der Waals surface area contributed by atoms with Gasteiger partial charge in [-0.3, -0.25) is 9.59 Å². The van der Waals surface area contributed by atoms with E-state index in [9.17, 15) is 18.4 Å². The molecule has 3 rings (SSSR count). The number of nitrogens with two attached hydrogens (primary N) is 1. The number of rotatable bonds is 12. The van der Waals surface area contributed by atoms with Gasteiger partial charge in [-0.25, -0.2) is 4.98 Å². The monoisotopic (exact) mass is 577 g/mol. The summed E-state index contributed by atoms with van der Waals surface area (Å²) in [6.07, 6.45) is 4.16. The van der Waals surface area contributed by atoms with Crippen LogP contribution in [0.3, 0.4) is 0 Å². The van der Waals surface area contributed by atoms with E-state index in [1.807, 2.05) is 0 Å². The van der Waals surface area contributed by atoms with Crippen molar-refractivity contribution in [1.82, 2.24) is 0 Å². The minimum Gasteiger partial charge on any atom is -0.489 e. The molecular weight excluding hydrogens is 549 g/mol. The number of pyridine rings is 1. The summed E-state index contributed by atoms with van der Waals surface area (Å²) in [7, 11) is 0. The molecule has 0 amide bonds. The quantitative estimate of drug-likeness (QED) is 0.336. The van der Waals surface area contributed by atoms with Crippen LogP contribution in [0.5, 0.6) is 11.5 Å². The number of nitrogens with one attached hydrogen (secondary N) is 1. The number of hydrogen-bond acceptors (Lipinski definition) is 7. The predicted molar refractivity (Wildman–Crippen MR) is 137 cm³/mol. The minimum atomic E-state index is -3.04. The molecule has 1 aromatic heterocycles. The Labute approximate surface area is 228 Å². The Morgan fingerprint density at radius 2 is 1.84 bits per heavy atom. The lowest BCUT2D eigenvalue weighted by molar-refractivity contribution is -0.377. The van der Waals surface area contributed by atoms with Gasteiger partial charge in [-0.05, 0) is 50.3 Å². The fourth-order valence-electron chi connectivity index (χ4n) is 3.54. The van der Waals surface area contributed by atoms with Crippen LogP contribution in [0.1, 0.15) is 50.8 Å². The summed E-state index contributed by atoms with van der Waals surface area (Å²) in [6.45, 7) is 2.03. The number of esters is 1. The van der Waals surface area contributed by atoms with E-state index in [1.165, 1.54) is 37.5 Å². The number of carbonyl (C=O) groups excluding carboxylic acids is 2. The number of hydrogen-bond donors (Lipinski definition) is 1. The smallest absolute Gasteiger partial charge is 0.387 e. The number of aromatic nitrogens is 1. The topological polar surface area (TPSA) is 102 Å². The van der Waals surface area contributed by atoms with Crippen molar-refractivity contribution in [3.8, 4) is 11.5 Å². The fraction of sp³-hybridized carbons (Fsp3) is 0.480. The van der Waals surface area contributed by atoms with E-state index in [1.54, 1.807) is 13.8 Å². The number of halogens is 4. The molecule has 0 bridgehead atoms. The maximum absolute atomic E-state index is 13.1. The summed E-state index contributed by atoms with van der Waals surface area (Å²) >= 11 is 13.6. The molecule has 3 N–H and O–H groups in total. The van der Waals surface area contributed by atoms with Crippen LogP contribution in [0.15, 0.2) is 30.6 Å². The van der Waals surface area contributed by atoms with Crippen molar-refractivity contribution in [1.29, 1.82) is 0 Å². The van der Waals surface area contributed by atoms with Crippen LogP contribution in [-0.4, -0.2) is 35.1 Å². The van der Waals surface area contributed by atoms with Crippen LogP contribution >= 0.6 is 35.0 Å². The molecule has 1 unspecified atom stereocenters. The number of ether oxygens (including phenoxy) is 3. The van der Waals surface area contributed by atoms with Gasteiger partial charge < -0.3 is 19.9 Å². The number of aromatic amines is 1. The lowest BCUT2D eigenvalue weighted by Gasteiger charge is -2.30. The van der Waals surface area contributed by atoms with Gasteiger partial charge in [0.05, 0.1) is 6.61 Å². The molecule has 0 saturated heterocycles. The van der Waals surface area contributed by atoms with Crippen molar-refractivity contribution in [3.63, 3.8) is 0 Å². The van der Waals surface area contributed by atoms with E-state index in [-0.39, 0.29) is 23.0 Å². The summed E-state index contributed by atoms with van der Waals surface area (Å²) in [6, 6.07) is 3.18. The highest BCUT2D eigenvalue weighted by atomic mass is 35.5. The van der Waals surface area contributed by atoms with Gasteiger partial charge in [0.25, 0.3) is 0 Å². The van der Waals surface area contributed by atoms with Crippen LogP contribution in [0.2, 0.25) is 10.0 Å². The second kappa shape index (κ2) is 12.6. The molecular formula is C25H29Cl2F2N2O5S+. The summed E-state index contributed by atoms with van der Waals surface area (Å²) in [5.74, 6) is -0.438. The van der Waals surface area contributed by atoms with E-state index < -0.39 is 29.5 Å². The maximum Gasteiger partial charge on any atom is 0.387 e. The van der Waals surface area contributed by atoms with Crippen molar-refractivity contribution in [3.05, 3.63) is 51.8 Å². The first-order chi connectivity index (χ1) is 17.4. The Balaban J connectivity index is 1.96. The average molecular weight is 578 g/mol. The van der Waals surface area contributed by atoms with E-state index in [0.29, 0.717) is 33.7 Å². The Kier molecular flexibility index (Phi) is 10.0. The second-order valence-corrected chi connectivity index (χ2v) is 11.9. The highest BCUT2D eigenvalue weighted by Gasteiger charge is 2.37. The normalized spacial score (nSPS) is 15.3. The van der Waals surface area contributed by atoms with Crippen LogP contribution in [0, 0.1) is 5.92 Å². The molecule has 37 heavy (non-hydrogen) atoms. The largest absolute Gasteiger partial charge is 0.489 e. The Morgan fingerprint density at radius 1 is 1.19 bits per heavy atom. The predicted octanol–water partition coefficient (Wildman–Crippen LogP) is 5.41. The van der Waals surface area contributed by atoms with Gasteiger partial charge >= 0.3 is 12.6 Å². The third-order valence-electron chi connectivity index (χ3n) is 5.78. The first-order valence-electron chi connectivity index (χ1n) is 11.6.